The van der Waals surface area contributed by atoms with Crippen molar-refractivity contribution in [2.75, 3.05) is 44.8 Å². The molecule has 1 aliphatic heterocycles. The molecule has 30 heavy (non-hydrogen) atoms. The predicted octanol–water partition coefficient (Wildman–Crippen LogP) is 4.06. The van der Waals surface area contributed by atoms with Crippen LogP contribution in [-0.4, -0.2) is 43.2 Å². The molecule has 6 nitrogen and oxygen atoms in total. The van der Waals surface area contributed by atoms with Crippen LogP contribution in [-0.2, 0) is 0 Å². The fraction of sp³-hybridized carbons (Fsp3) is 0.292. The zero-order valence-electron chi connectivity index (χ0n) is 17.3. The van der Waals surface area contributed by atoms with Gasteiger partial charge in [0.25, 0.3) is 0 Å². The molecule has 3 aromatic rings. The summed E-state index contributed by atoms with van der Waals surface area (Å²) in [6.45, 7) is 3.93. The third-order valence-corrected chi connectivity index (χ3v) is 5.50. The highest BCUT2D eigenvalue weighted by molar-refractivity contribution is 5.80. The third-order valence-electron chi connectivity index (χ3n) is 5.50. The number of anilines is 2. The van der Waals surface area contributed by atoms with Gasteiger partial charge in [0.05, 0.1) is 7.11 Å². The van der Waals surface area contributed by atoms with E-state index in [2.05, 4.69) is 9.88 Å². The number of rotatable bonds is 7. The van der Waals surface area contributed by atoms with Gasteiger partial charge >= 0.3 is 0 Å². The lowest BCUT2D eigenvalue weighted by Gasteiger charge is -2.17. The van der Waals surface area contributed by atoms with Crippen molar-refractivity contribution in [3.05, 3.63) is 54.7 Å². The molecule has 0 unspecified atom stereocenters. The van der Waals surface area contributed by atoms with Gasteiger partial charge in [0.15, 0.2) is 11.5 Å². The zero-order chi connectivity index (χ0) is 20.9. The number of hydrogen-bond donors (Lipinski definition) is 2. The van der Waals surface area contributed by atoms with Crippen LogP contribution in [0.2, 0.25) is 0 Å². The van der Waals surface area contributed by atoms with Crippen LogP contribution in [0.5, 0.6) is 11.5 Å². The van der Waals surface area contributed by atoms with Gasteiger partial charge in [0.1, 0.15) is 12.4 Å². The van der Waals surface area contributed by atoms with Crippen LogP contribution in [0.4, 0.5) is 11.5 Å². The second-order valence-corrected chi connectivity index (χ2v) is 7.54. The summed E-state index contributed by atoms with van der Waals surface area (Å²) in [5.74, 6) is 1.94. The molecule has 1 aromatic heterocycles. The quantitative estimate of drug-likeness (QED) is 0.578. The average molecular weight is 405 g/mol. The van der Waals surface area contributed by atoms with Crippen molar-refractivity contribution in [3.8, 4) is 33.8 Å². The number of benzene rings is 2. The van der Waals surface area contributed by atoms with Crippen molar-refractivity contribution in [1.82, 2.24) is 9.88 Å². The smallest absolute Gasteiger partial charge is 0.161 e. The molecule has 156 valence electrons. The number of nitrogens with zero attached hydrogens (tertiary/aromatic N) is 2. The highest BCUT2D eigenvalue weighted by Gasteiger charge is 2.13. The highest BCUT2D eigenvalue weighted by Crippen LogP contribution is 2.35. The summed E-state index contributed by atoms with van der Waals surface area (Å²) < 4.78 is 11.6. The first-order chi connectivity index (χ1) is 14.6. The number of methoxy groups -OCH3 is 1. The van der Waals surface area contributed by atoms with Crippen molar-refractivity contribution >= 4 is 11.5 Å². The SMILES string of the molecule is COc1cc(-c2cnc(N)c(-c3ccc(N)cc3)c2)ccc1OCCN1CCCC1. The number of aromatic nitrogens is 1. The Morgan fingerprint density at radius 3 is 2.37 bits per heavy atom. The molecule has 1 fully saturated rings. The van der Waals surface area contributed by atoms with Gasteiger partial charge in [-0.3, -0.25) is 4.90 Å². The third kappa shape index (κ3) is 4.49. The minimum Gasteiger partial charge on any atom is -0.493 e. The molecular formula is C24H28N4O2. The summed E-state index contributed by atoms with van der Waals surface area (Å²) in [5.41, 5.74) is 16.4. The summed E-state index contributed by atoms with van der Waals surface area (Å²) in [7, 11) is 1.66. The fourth-order valence-corrected chi connectivity index (χ4v) is 3.78. The number of nitrogens with two attached hydrogens (primary N) is 2. The van der Waals surface area contributed by atoms with E-state index in [-0.39, 0.29) is 0 Å². The molecule has 0 spiro atoms. The molecule has 0 amide bonds. The molecule has 2 heterocycles. The summed E-state index contributed by atoms with van der Waals surface area (Å²) in [6.07, 6.45) is 4.34. The molecule has 2 aromatic carbocycles. The van der Waals surface area contributed by atoms with Crippen molar-refractivity contribution < 1.29 is 9.47 Å². The van der Waals surface area contributed by atoms with Gasteiger partial charge in [0, 0.05) is 29.6 Å². The Balaban J connectivity index is 1.54. The van der Waals surface area contributed by atoms with E-state index in [4.69, 9.17) is 20.9 Å². The normalized spacial score (nSPS) is 14.0. The Labute approximate surface area is 177 Å². The van der Waals surface area contributed by atoms with Gasteiger partial charge in [-0.25, -0.2) is 4.98 Å². The Morgan fingerprint density at radius 1 is 0.900 bits per heavy atom. The van der Waals surface area contributed by atoms with E-state index in [1.54, 1.807) is 13.3 Å². The lowest BCUT2D eigenvalue weighted by atomic mass is 10.0. The molecule has 0 radical (unpaired) electrons. The second-order valence-electron chi connectivity index (χ2n) is 7.54. The Morgan fingerprint density at radius 2 is 1.63 bits per heavy atom. The van der Waals surface area contributed by atoms with Crippen LogP contribution in [0.25, 0.3) is 22.3 Å². The van der Waals surface area contributed by atoms with Gasteiger partial charge < -0.3 is 20.9 Å². The summed E-state index contributed by atoms with van der Waals surface area (Å²) in [6, 6.07) is 15.6. The Bertz CT molecular complexity index is 999. The van der Waals surface area contributed by atoms with E-state index in [0.717, 1.165) is 34.5 Å². The predicted molar refractivity (Wildman–Crippen MR) is 122 cm³/mol. The minimum absolute atomic E-state index is 0.484. The van der Waals surface area contributed by atoms with Crippen LogP contribution < -0.4 is 20.9 Å². The first-order valence-corrected chi connectivity index (χ1v) is 10.3. The number of ether oxygens (including phenoxy) is 2. The maximum Gasteiger partial charge on any atom is 0.161 e. The second kappa shape index (κ2) is 9.05. The summed E-state index contributed by atoms with van der Waals surface area (Å²) in [5, 5.41) is 0. The molecule has 1 aliphatic rings. The van der Waals surface area contributed by atoms with Gasteiger partial charge in [-0.15, -0.1) is 0 Å². The monoisotopic (exact) mass is 404 g/mol. The summed E-state index contributed by atoms with van der Waals surface area (Å²) >= 11 is 0. The molecule has 0 saturated carbocycles. The maximum absolute atomic E-state index is 6.13. The van der Waals surface area contributed by atoms with Crippen molar-refractivity contribution in [3.63, 3.8) is 0 Å². The van der Waals surface area contributed by atoms with Crippen molar-refractivity contribution in [2.45, 2.75) is 12.8 Å². The maximum atomic E-state index is 6.13. The molecule has 6 heteroatoms. The summed E-state index contributed by atoms with van der Waals surface area (Å²) in [4.78, 5) is 6.83. The molecule has 0 atom stereocenters. The van der Waals surface area contributed by atoms with Gasteiger partial charge in [0.2, 0.25) is 0 Å². The highest BCUT2D eigenvalue weighted by atomic mass is 16.5. The Kier molecular flexibility index (Phi) is 6.05. The van der Waals surface area contributed by atoms with E-state index >= 15 is 0 Å². The van der Waals surface area contributed by atoms with Gasteiger partial charge in [-0.05, 0) is 67.4 Å². The lowest BCUT2D eigenvalue weighted by molar-refractivity contribution is 0.230. The van der Waals surface area contributed by atoms with E-state index in [1.807, 2.05) is 48.5 Å². The number of nitrogen functional groups attached to an aromatic ring is 2. The van der Waals surface area contributed by atoms with Crippen molar-refractivity contribution in [2.24, 2.45) is 0 Å². The largest absolute Gasteiger partial charge is 0.493 e. The molecule has 4 N–H and O–H groups in total. The molecule has 4 rings (SSSR count). The zero-order valence-corrected chi connectivity index (χ0v) is 17.3. The first-order valence-electron chi connectivity index (χ1n) is 10.3. The fourth-order valence-electron chi connectivity index (χ4n) is 3.78. The van der Waals surface area contributed by atoms with Crippen LogP contribution >= 0.6 is 0 Å². The lowest BCUT2D eigenvalue weighted by Crippen LogP contribution is -2.25. The number of pyridine rings is 1. The van der Waals surface area contributed by atoms with E-state index < -0.39 is 0 Å². The minimum atomic E-state index is 0.484. The van der Waals surface area contributed by atoms with E-state index in [9.17, 15) is 0 Å². The van der Waals surface area contributed by atoms with Crippen LogP contribution in [0, 0.1) is 0 Å². The average Bonchev–Trinajstić information content (AvgIpc) is 3.28. The van der Waals surface area contributed by atoms with Gasteiger partial charge in [-0.2, -0.15) is 0 Å². The van der Waals surface area contributed by atoms with Crippen LogP contribution in [0.15, 0.2) is 54.7 Å². The Hall–Kier alpha value is -3.25. The van der Waals surface area contributed by atoms with Crippen LogP contribution in [0.1, 0.15) is 12.8 Å². The molecule has 0 bridgehead atoms. The van der Waals surface area contributed by atoms with E-state index in [0.29, 0.717) is 23.9 Å². The van der Waals surface area contributed by atoms with Gasteiger partial charge in [-0.1, -0.05) is 18.2 Å². The van der Waals surface area contributed by atoms with Crippen molar-refractivity contribution in [1.29, 1.82) is 0 Å². The molecule has 1 saturated heterocycles. The van der Waals surface area contributed by atoms with Crippen LogP contribution in [0.3, 0.4) is 0 Å². The standard InChI is InChI=1S/C24H28N4O2/c1-29-23-15-18(6-9-22(23)30-13-12-28-10-2-3-11-28)19-14-21(24(26)27-16-19)17-4-7-20(25)8-5-17/h4-9,14-16H,2-3,10-13,25H2,1H3,(H2,26,27). The first kappa shape index (κ1) is 20.0. The number of likely N-dealkylation sites (tertiary alicyclic amines) is 1. The number of hydrogen-bond acceptors (Lipinski definition) is 6. The van der Waals surface area contributed by atoms with E-state index in [1.165, 1.54) is 25.9 Å². The topological polar surface area (TPSA) is 86.6 Å². The molecule has 0 aliphatic carbocycles. The molecular weight excluding hydrogens is 376 g/mol.